The van der Waals surface area contributed by atoms with Gasteiger partial charge in [0.1, 0.15) is 5.82 Å². The Kier molecular flexibility index (Phi) is 6.01. The van der Waals surface area contributed by atoms with Crippen molar-refractivity contribution in [3.05, 3.63) is 33.1 Å². The van der Waals surface area contributed by atoms with Crippen LogP contribution in [-0.4, -0.2) is 36.0 Å². The number of halogens is 3. The molecule has 1 amide bonds. The molecule has 0 aromatic heterocycles. The van der Waals surface area contributed by atoms with E-state index in [0.29, 0.717) is 15.7 Å². The van der Waals surface area contributed by atoms with E-state index in [0.717, 1.165) is 6.54 Å². The van der Waals surface area contributed by atoms with Crippen LogP contribution in [0.25, 0.3) is 0 Å². The summed E-state index contributed by atoms with van der Waals surface area (Å²) in [7, 11) is 0. The molecule has 1 saturated heterocycles. The van der Waals surface area contributed by atoms with E-state index in [1.54, 1.807) is 6.07 Å². The van der Waals surface area contributed by atoms with E-state index in [1.807, 2.05) is 34.4 Å². The molecule has 106 valence electrons. The fraction of sp³-hybridized carbons (Fsp3) is 0.462. The first-order valence-corrected chi connectivity index (χ1v) is 7.08. The largest absolute Gasteiger partial charge is 0.333 e. The minimum Gasteiger partial charge on any atom is -0.333 e. The Hall–Kier alpha value is -0.400. The maximum atomic E-state index is 13.1. The second-order valence-corrected chi connectivity index (χ2v) is 5.77. The first kappa shape index (κ1) is 16.7. The molecule has 1 aliphatic heterocycles. The Morgan fingerprint density at radius 3 is 2.79 bits per heavy atom. The lowest BCUT2D eigenvalue weighted by Crippen LogP contribution is -2.57. The summed E-state index contributed by atoms with van der Waals surface area (Å²) in [5.41, 5.74) is 0.581. The van der Waals surface area contributed by atoms with Crippen molar-refractivity contribution in [3.63, 3.8) is 0 Å². The summed E-state index contributed by atoms with van der Waals surface area (Å²) in [4.78, 5) is 14.3. The van der Waals surface area contributed by atoms with Gasteiger partial charge in [-0.3, -0.25) is 4.79 Å². The lowest BCUT2D eigenvalue weighted by atomic mass is 10.1. The Morgan fingerprint density at radius 1 is 1.47 bits per heavy atom. The summed E-state index contributed by atoms with van der Waals surface area (Å²) in [6.45, 7) is 5.59. The predicted molar refractivity (Wildman–Crippen MR) is 84.3 cm³/mol. The van der Waals surface area contributed by atoms with E-state index in [2.05, 4.69) is 12.2 Å². The van der Waals surface area contributed by atoms with Crippen LogP contribution in [0.4, 0.5) is 4.39 Å². The third-order valence-corrected chi connectivity index (χ3v) is 4.35. The van der Waals surface area contributed by atoms with Gasteiger partial charge in [-0.15, -0.1) is 12.4 Å². The lowest BCUT2D eigenvalue weighted by molar-refractivity contribution is 0.0602. The van der Waals surface area contributed by atoms with Gasteiger partial charge in [0.25, 0.3) is 5.91 Å². The van der Waals surface area contributed by atoms with E-state index in [9.17, 15) is 9.18 Å². The van der Waals surface area contributed by atoms with Crippen molar-refractivity contribution in [1.29, 1.82) is 0 Å². The zero-order valence-corrected chi connectivity index (χ0v) is 13.8. The molecule has 1 aromatic rings. The highest BCUT2D eigenvalue weighted by molar-refractivity contribution is 14.1. The second-order valence-electron chi connectivity index (χ2n) is 4.61. The number of benzene rings is 1. The average Bonchev–Trinajstić information content (AvgIpc) is 2.32. The van der Waals surface area contributed by atoms with Crippen molar-refractivity contribution in [3.8, 4) is 0 Å². The molecule has 2 rings (SSSR count). The van der Waals surface area contributed by atoms with Gasteiger partial charge in [0, 0.05) is 28.7 Å². The molecule has 1 aliphatic rings. The van der Waals surface area contributed by atoms with Crippen molar-refractivity contribution in [2.75, 3.05) is 13.1 Å². The van der Waals surface area contributed by atoms with Crippen LogP contribution >= 0.6 is 35.0 Å². The molecule has 0 radical (unpaired) electrons. The zero-order chi connectivity index (χ0) is 13.3. The normalized spacial score (nSPS) is 22.8. The molecule has 0 saturated carbocycles. The second kappa shape index (κ2) is 6.85. The summed E-state index contributed by atoms with van der Waals surface area (Å²) >= 11 is 2.01. The number of piperazine rings is 1. The van der Waals surface area contributed by atoms with Gasteiger partial charge in [-0.25, -0.2) is 4.39 Å². The summed E-state index contributed by atoms with van der Waals surface area (Å²) < 4.78 is 13.7. The van der Waals surface area contributed by atoms with Crippen LogP contribution in [0.2, 0.25) is 0 Å². The minimum absolute atomic E-state index is 0. The topological polar surface area (TPSA) is 32.3 Å². The van der Waals surface area contributed by atoms with Crippen LogP contribution in [-0.2, 0) is 0 Å². The number of carbonyl (C=O) groups is 1. The Bertz CT molecular complexity index is 472. The molecule has 1 heterocycles. The summed E-state index contributed by atoms with van der Waals surface area (Å²) in [5, 5.41) is 3.34. The van der Waals surface area contributed by atoms with Crippen LogP contribution in [0.3, 0.4) is 0 Å². The highest BCUT2D eigenvalue weighted by Gasteiger charge is 2.29. The first-order chi connectivity index (χ1) is 8.50. The van der Waals surface area contributed by atoms with E-state index >= 15 is 0 Å². The smallest absolute Gasteiger partial charge is 0.255 e. The molecule has 0 bridgehead atoms. The van der Waals surface area contributed by atoms with Gasteiger partial charge in [-0.05, 0) is 54.6 Å². The fourth-order valence-electron chi connectivity index (χ4n) is 2.16. The number of amides is 1. The van der Waals surface area contributed by atoms with Crippen LogP contribution in [0.1, 0.15) is 24.2 Å². The minimum atomic E-state index is -0.308. The van der Waals surface area contributed by atoms with Gasteiger partial charge < -0.3 is 10.2 Å². The summed E-state index contributed by atoms with van der Waals surface area (Å²) in [6, 6.07) is 4.72. The van der Waals surface area contributed by atoms with E-state index in [-0.39, 0.29) is 36.2 Å². The Morgan fingerprint density at radius 2 is 2.16 bits per heavy atom. The SMILES string of the molecule is CC1NCCN(C(=O)c2ccc(F)cc2I)C1C.Cl. The van der Waals surface area contributed by atoms with Gasteiger partial charge in [0.15, 0.2) is 0 Å². The van der Waals surface area contributed by atoms with Gasteiger partial charge in [-0.2, -0.15) is 0 Å². The molecule has 1 N–H and O–H groups in total. The Balaban J connectivity index is 0.00000180. The molecule has 2 unspecified atom stereocenters. The van der Waals surface area contributed by atoms with Crippen LogP contribution in [0.5, 0.6) is 0 Å². The maximum Gasteiger partial charge on any atom is 0.255 e. The monoisotopic (exact) mass is 398 g/mol. The molecule has 6 heteroatoms. The van der Waals surface area contributed by atoms with E-state index in [1.165, 1.54) is 12.1 Å². The van der Waals surface area contributed by atoms with Gasteiger partial charge in [0.05, 0.1) is 5.56 Å². The molecule has 19 heavy (non-hydrogen) atoms. The molecular weight excluding hydrogens is 382 g/mol. The molecule has 3 nitrogen and oxygen atoms in total. The molecule has 0 spiro atoms. The van der Waals surface area contributed by atoms with Crippen molar-refractivity contribution in [2.24, 2.45) is 0 Å². The summed E-state index contributed by atoms with van der Waals surface area (Å²) in [6.07, 6.45) is 0. The number of hydrogen-bond donors (Lipinski definition) is 1. The third kappa shape index (κ3) is 3.58. The highest BCUT2D eigenvalue weighted by Crippen LogP contribution is 2.19. The zero-order valence-electron chi connectivity index (χ0n) is 10.8. The number of nitrogens with one attached hydrogen (secondary N) is 1. The van der Waals surface area contributed by atoms with Gasteiger partial charge in [-0.1, -0.05) is 0 Å². The molecule has 2 atom stereocenters. The van der Waals surface area contributed by atoms with Crippen LogP contribution in [0, 0.1) is 9.39 Å². The van der Waals surface area contributed by atoms with Crippen molar-refractivity contribution in [2.45, 2.75) is 25.9 Å². The number of rotatable bonds is 1. The van der Waals surface area contributed by atoms with Gasteiger partial charge in [0.2, 0.25) is 0 Å². The maximum absolute atomic E-state index is 13.1. The third-order valence-electron chi connectivity index (χ3n) is 3.46. The van der Waals surface area contributed by atoms with Crippen molar-refractivity contribution < 1.29 is 9.18 Å². The molecule has 0 aliphatic carbocycles. The van der Waals surface area contributed by atoms with Gasteiger partial charge >= 0.3 is 0 Å². The summed E-state index contributed by atoms with van der Waals surface area (Å²) in [5.74, 6) is -0.321. The fourth-order valence-corrected chi connectivity index (χ4v) is 2.87. The highest BCUT2D eigenvalue weighted by atomic mass is 127. The van der Waals surface area contributed by atoms with Crippen LogP contribution in [0.15, 0.2) is 18.2 Å². The van der Waals surface area contributed by atoms with Crippen LogP contribution < -0.4 is 5.32 Å². The quantitative estimate of drug-likeness (QED) is 0.738. The van der Waals surface area contributed by atoms with E-state index in [4.69, 9.17) is 0 Å². The predicted octanol–water partition coefficient (Wildman–Crippen LogP) is 2.67. The average molecular weight is 399 g/mol. The number of carbonyl (C=O) groups excluding carboxylic acids is 1. The molecule has 1 aromatic carbocycles. The molecule has 1 fully saturated rings. The molecular formula is C13H17ClFIN2O. The Labute approximate surface area is 132 Å². The van der Waals surface area contributed by atoms with Crippen molar-refractivity contribution >= 4 is 40.9 Å². The first-order valence-electron chi connectivity index (χ1n) is 6.00. The number of hydrogen-bond acceptors (Lipinski definition) is 2. The number of nitrogens with zero attached hydrogens (tertiary/aromatic N) is 1. The van der Waals surface area contributed by atoms with E-state index < -0.39 is 0 Å². The lowest BCUT2D eigenvalue weighted by Gasteiger charge is -2.38. The van der Waals surface area contributed by atoms with Crippen molar-refractivity contribution in [1.82, 2.24) is 10.2 Å². The standard InChI is InChI=1S/C13H16FIN2O.ClH/c1-8-9(2)17(6-5-16-8)13(18)11-4-3-10(14)7-12(11)15;/h3-4,7-9,16H,5-6H2,1-2H3;1H.